The molecule has 0 saturated carbocycles. The van der Waals surface area contributed by atoms with Gasteiger partial charge in [-0.25, -0.2) is 9.78 Å². The summed E-state index contributed by atoms with van der Waals surface area (Å²) in [7, 11) is 1.67. The van der Waals surface area contributed by atoms with E-state index >= 15 is 0 Å². The molecule has 0 fully saturated rings. The maximum atomic E-state index is 12.5. The fourth-order valence-electron chi connectivity index (χ4n) is 3.71. The summed E-state index contributed by atoms with van der Waals surface area (Å²) in [6.07, 6.45) is 8.65. The minimum absolute atomic E-state index is 0.00984. The van der Waals surface area contributed by atoms with Gasteiger partial charge in [0.15, 0.2) is 0 Å². The Morgan fingerprint density at radius 2 is 2.14 bits per heavy atom. The second-order valence-electron chi connectivity index (χ2n) is 7.21. The molecule has 3 aromatic rings. The molecule has 0 radical (unpaired) electrons. The highest BCUT2D eigenvalue weighted by Gasteiger charge is 2.19. The number of hydrogen-bond donors (Lipinski definition) is 2. The first-order chi connectivity index (χ1) is 14.2. The van der Waals surface area contributed by atoms with Crippen molar-refractivity contribution in [3.8, 4) is 5.75 Å². The molecular weight excluding hydrogens is 364 g/mol. The molecule has 3 heterocycles. The number of ether oxygens (including phenoxy) is 1. The van der Waals surface area contributed by atoms with Crippen LogP contribution < -0.4 is 10.1 Å². The van der Waals surface area contributed by atoms with Gasteiger partial charge >= 0.3 is 6.03 Å². The van der Waals surface area contributed by atoms with Gasteiger partial charge in [-0.1, -0.05) is 18.2 Å². The van der Waals surface area contributed by atoms with Crippen LogP contribution in [0.2, 0.25) is 0 Å². The van der Waals surface area contributed by atoms with Crippen molar-refractivity contribution in [3.05, 3.63) is 66.0 Å². The van der Waals surface area contributed by atoms with E-state index in [-0.39, 0.29) is 6.03 Å². The second-order valence-corrected chi connectivity index (χ2v) is 7.21. The first-order valence-corrected chi connectivity index (χ1v) is 10.0. The number of carbonyl (C=O) groups is 1. The molecule has 0 unspecified atom stereocenters. The van der Waals surface area contributed by atoms with Crippen molar-refractivity contribution in [2.45, 2.75) is 19.3 Å². The average Bonchev–Trinajstić information content (AvgIpc) is 3.21. The standard InChI is InChI=1S/C23H26N4O2/c1-29-19-8-6-17(7-9-19)4-2-13-25-23(28)27-14-10-18(11-15-27)21-16-26-22-20(21)5-3-12-24-22/h3,5-10,12,16H,2,4,11,13-15H2,1H3,(H,24,26)(H,25,28). The monoisotopic (exact) mass is 390 g/mol. The third-order valence-electron chi connectivity index (χ3n) is 5.37. The summed E-state index contributed by atoms with van der Waals surface area (Å²) >= 11 is 0. The number of nitrogens with one attached hydrogen (secondary N) is 2. The topological polar surface area (TPSA) is 70.2 Å². The van der Waals surface area contributed by atoms with Crippen LogP contribution in [0, 0.1) is 0 Å². The summed E-state index contributed by atoms with van der Waals surface area (Å²) < 4.78 is 5.17. The number of methoxy groups -OCH3 is 1. The third-order valence-corrected chi connectivity index (χ3v) is 5.37. The van der Waals surface area contributed by atoms with E-state index in [1.807, 2.05) is 29.3 Å². The molecule has 0 aliphatic carbocycles. The highest BCUT2D eigenvalue weighted by molar-refractivity contribution is 5.91. The minimum Gasteiger partial charge on any atom is -0.497 e. The van der Waals surface area contributed by atoms with Crippen molar-refractivity contribution in [1.29, 1.82) is 0 Å². The number of amides is 2. The van der Waals surface area contributed by atoms with E-state index in [2.05, 4.69) is 39.6 Å². The van der Waals surface area contributed by atoms with Crippen molar-refractivity contribution >= 4 is 22.6 Å². The van der Waals surface area contributed by atoms with Gasteiger partial charge in [-0.15, -0.1) is 0 Å². The fraction of sp³-hybridized carbons (Fsp3) is 0.304. The van der Waals surface area contributed by atoms with Gasteiger partial charge in [-0.3, -0.25) is 0 Å². The number of aromatic amines is 1. The van der Waals surface area contributed by atoms with Crippen LogP contribution >= 0.6 is 0 Å². The average molecular weight is 390 g/mol. The van der Waals surface area contributed by atoms with Crippen LogP contribution in [0.3, 0.4) is 0 Å². The number of benzene rings is 1. The maximum absolute atomic E-state index is 12.5. The molecule has 1 aromatic carbocycles. The SMILES string of the molecule is COc1ccc(CCCNC(=O)N2CC=C(c3c[nH]c4ncccc34)CC2)cc1. The Hall–Kier alpha value is -3.28. The summed E-state index contributed by atoms with van der Waals surface area (Å²) in [6.45, 7) is 2.03. The van der Waals surface area contributed by atoms with Crippen LogP contribution in [0.1, 0.15) is 24.0 Å². The minimum atomic E-state index is 0.00984. The first-order valence-electron chi connectivity index (χ1n) is 10.0. The zero-order valence-electron chi connectivity index (χ0n) is 16.6. The number of aryl methyl sites for hydroxylation is 1. The number of hydrogen-bond acceptors (Lipinski definition) is 3. The second kappa shape index (κ2) is 8.82. The number of pyridine rings is 1. The van der Waals surface area contributed by atoms with E-state index in [1.54, 1.807) is 13.3 Å². The molecule has 6 heteroatoms. The van der Waals surface area contributed by atoms with Gasteiger partial charge in [0, 0.05) is 43.0 Å². The Kier molecular flexibility index (Phi) is 5.79. The lowest BCUT2D eigenvalue weighted by Gasteiger charge is -2.26. The van der Waals surface area contributed by atoms with Gasteiger partial charge in [0.05, 0.1) is 7.11 Å². The van der Waals surface area contributed by atoms with E-state index < -0.39 is 0 Å². The van der Waals surface area contributed by atoms with Gasteiger partial charge in [-0.05, 0) is 54.7 Å². The molecule has 2 amide bonds. The molecule has 1 aliphatic rings. The largest absolute Gasteiger partial charge is 0.497 e. The van der Waals surface area contributed by atoms with E-state index in [4.69, 9.17) is 4.74 Å². The number of aromatic nitrogens is 2. The van der Waals surface area contributed by atoms with Crippen LogP contribution in [0.15, 0.2) is 54.9 Å². The molecule has 0 spiro atoms. The molecule has 0 saturated heterocycles. The van der Waals surface area contributed by atoms with Gasteiger partial charge in [0.2, 0.25) is 0 Å². The van der Waals surface area contributed by atoms with Crippen molar-refractivity contribution in [2.24, 2.45) is 0 Å². The van der Waals surface area contributed by atoms with E-state index in [1.165, 1.54) is 16.7 Å². The Bertz CT molecular complexity index is 1010. The molecule has 2 N–H and O–H groups in total. The van der Waals surface area contributed by atoms with Crippen molar-refractivity contribution in [1.82, 2.24) is 20.2 Å². The Labute approximate surface area is 170 Å². The van der Waals surface area contributed by atoms with Crippen LogP contribution in [-0.2, 0) is 6.42 Å². The first kappa shape index (κ1) is 19.1. The Balaban J connectivity index is 1.25. The summed E-state index contributed by atoms with van der Waals surface area (Å²) in [5, 5.41) is 4.18. The molecular formula is C23H26N4O2. The van der Waals surface area contributed by atoms with E-state index in [0.717, 1.165) is 42.6 Å². The maximum Gasteiger partial charge on any atom is 0.317 e. The summed E-state index contributed by atoms with van der Waals surface area (Å²) in [4.78, 5) is 21.9. The van der Waals surface area contributed by atoms with Crippen molar-refractivity contribution < 1.29 is 9.53 Å². The number of fused-ring (bicyclic) bond motifs is 1. The molecule has 6 nitrogen and oxygen atoms in total. The quantitative estimate of drug-likeness (QED) is 0.625. The molecule has 150 valence electrons. The Morgan fingerprint density at radius 3 is 2.90 bits per heavy atom. The van der Waals surface area contributed by atoms with Crippen molar-refractivity contribution in [2.75, 3.05) is 26.7 Å². The molecule has 1 aliphatic heterocycles. The van der Waals surface area contributed by atoms with Crippen LogP contribution in [0.5, 0.6) is 5.75 Å². The normalized spacial score (nSPS) is 14.0. The lowest BCUT2D eigenvalue weighted by Crippen LogP contribution is -2.42. The molecule has 4 rings (SSSR count). The van der Waals surface area contributed by atoms with Crippen LogP contribution in [0.4, 0.5) is 4.79 Å². The van der Waals surface area contributed by atoms with E-state index in [9.17, 15) is 4.79 Å². The number of urea groups is 1. The molecule has 0 atom stereocenters. The fourth-order valence-corrected chi connectivity index (χ4v) is 3.71. The third kappa shape index (κ3) is 4.42. The van der Waals surface area contributed by atoms with Gasteiger partial charge < -0.3 is 19.9 Å². The molecule has 29 heavy (non-hydrogen) atoms. The number of carbonyl (C=O) groups excluding carboxylic acids is 1. The van der Waals surface area contributed by atoms with E-state index in [0.29, 0.717) is 13.1 Å². The number of H-pyrrole nitrogens is 1. The lowest BCUT2D eigenvalue weighted by molar-refractivity contribution is 0.203. The summed E-state index contributed by atoms with van der Waals surface area (Å²) in [5.41, 5.74) is 4.61. The molecule has 0 bridgehead atoms. The smallest absolute Gasteiger partial charge is 0.317 e. The van der Waals surface area contributed by atoms with Crippen LogP contribution in [0.25, 0.3) is 16.6 Å². The van der Waals surface area contributed by atoms with Gasteiger partial charge in [0.1, 0.15) is 11.4 Å². The van der Waals surface area contributed by atoms with Gasteiger partial charge in [-0.2, -0.15) is 0 Å². The summed E-state index contributed by atoms with van der Waals surface area (Å²) in [6, 6.07) is 12.1. The predicted molar refractivity (Wildman–Crippen MR) is 115 cm³/mol. The lowest BCUT2D eigenvalue weighted by atomic mass is 10.00. The Morgan fingerprint density at radius 1 is 1.28 bits per heavy atom. The highest BCUT2D eigenvalue weighted by atomic mass is 16.5. The zero-order chi connectivity index (χ0) is 20.1. The predicted octanol–water partition coefficient (Wildman–Crippen LogP) is 4.00. The molecule has 2 aromatic heterocycles. The zero-order valence-corrected chi connectivity index (χ0v) is 16.6. The van der Waals surface area contributed by atoms with Crippen molar-refractivity contribution in [3.63, 3.8) is 0 Å². The van der Waals surface area contributed by atoms with Crippen LogP contribution in [-0.4, -0.2) is 47.6 Å². The number of rotatable bonds is 6. The van der Waals surface area contributed by atoms with Gasteiger partial charge in [0.25, 0.3) is 0 Å². The number of nitrogens with zero attached hydrogens (tertiary/aromatic N) is 2. The summed E-state index contributed by atoms with van der Waals surface area (Å²) in [5.74, 6) is 0.864. The highest BCUT2D eigenvalue weighted by Crippen LogP contribution is 2.28.